The van der Waals surface area contributed by atoms with Crippen molar-refractivity contribution in [3.05, 3.63) is 59.5 Å². The number of thiazole rings is 1. The van der Waals surface area contributed by atoms with E-state index in [1.807, 2.05) is 56.7 Å². The SMILES string of the molecule is CC(C)Nc1cc(Nc2ccc3ncsc3c2)ncc1C(=O)NC1CCC(O)(c2ccnn2C)CC1. The number of carbonyl (C=O) groups excluding carboxylic acids is 1. The van der Waals surface area contributed by atoms with Crippen LogP contribution in [0.15, 0.2) is 48.2 Å². The fourth-order valence-corrected chi connectivity index (χ4v) is 5.52. The molecule has 1 fully saturated rings. The van der Waals surface area contributed by atoms with Gasteiger partial charge in [-0.15, -0.1) is 11.3 Å². The molecule has 4 aromatic rings. The summed E-state index contributed by atoms with van der Waals surface area (Å²) < 4.78 is 2.82. The highest BCUT2D eigenvalue weighted by Gasteiger charge is 2.37. The molecule has 10 heteroatoms. The summed E-state index contributed by atoms with van der Waals surface area (Å²) in [5.41, 5.74) is 4.84. The van der Waals surface area contributed by atoms with Gasteiger partial charge in [0.05, 0.1) is 32.7 Å². The van der Waals surface area contributed by atoms with Crippen LogP contribution >= 0.6 is 11.3 Å². The summed E-state index contributed by atoms with van der Waals surface area (Å²) >= 11 is 1.59. The van der Waals surface area contributed by atoms with Gasteiger partial charge >= 0.3 is 0 Å². The Morgan fingerprint density at radius 1 is 1.19 bits per heavy atom. The molecule has 0 atom stereocenters. The molecular formula is C26H31N7O2S. The minimum absolute atomic E-state index is 0.0122. The maximum atomic E-state index is 13.3. The van der Waals surface area contributed by atoms with Crippen LogP contribution in [0, 0.1) is 0 Å². The number of hydrogen-bond acceptors (Lipinski definition) is 8. The molecule has 1 aliphatic carbocycles. The first-order valence-electron chi connectivity index (χ1n) is 12.2. The largest absolute Gasteiger partial charge is 0.384 e. The van der Waals surface area contributed by atoms with Crippen molar-refractivity contribution in [1.29, 1.82) is 0 Å². The van der Waals surface area contributed by atoms with E-state index >= 15 is 0 Å². The van der Waals surface area contributed by atoms with E-state index in [0.29, 0.717) is 37.1 Å². The van der Waals surface area contributed by atoms with Gasteiger partial charge in [0.1, 0.15) is 11.4 Å². The predicted octanol–water partition coefficient (Wildman–Crippen LogP) is 4.55. The highest BCUT2D eigenvalue weighted by Crippen LogP contribution is 2.37. The minimum Gasteiger partial charge on any atom is -0.384 e. The molecule has 36 heavy (non-hydrogen) atoms. The summed E-state index contributed by atoms with van der Waals surface area (Å²) in [7, 11) is 1.84. The second-order valence-corrected chi connectivity index (χ2v) is 10.6. The van der Waals surface area contributed by atoms with Crippen LogP contribution in [0.1, 0.15) is 55.6 Å². The molecule has 4 N–H and O–H groups in total. The Morgan fingerprint density at radius 3 is 2.72 bits per heavy atom. The maximum absolute atomic E-state index is 13.3. The first-order valence-corrected chi connectivity index (χ1v) is 13.1. The Kier molecular flexibility index (Phi) is 6.63. The average molecular weight is 506 g/mol. The van der Waals surface area contributed by atoms with Gasteiger partial charge in [-0.1, -0.05) is 0 Å². The Hall–Kier alpha value is -3.50. The molecule has 0 radical (unpaired) electrons. The summed E-state index contributed by atoms with van der Waals surface area (Å²) in [6, 6.07) is 9.84. The summed E-state index contributed by atoms with van der Waals surface area (Å²) in [6.45, 7) is 4.07. The minimum atomic E-state index is -0.909. The Morgan fingerprint density at radius 2 is 2.00 bits per heavy atom. The number of amides is 1. The van der Waals surface area contributed by atoms with E-state index in [1.54, 1.807) is 28.4 Å². The zero-order chi connectivity index (χ0) is 25.3. The summed E-state index contributed by atoms with van der Waals surface area (Å²) in [4.78, 5) is 22.1. The lowest BCUT2D eigenvalue weighted by Crippen LogP contribution is -2.43. The summed E-state index contributed by atoms with van der Waals surface area (Å²) in [6.07, 6.45) is 5.83. The van der Waals surface area contributed by atoms with Gasteiger partial charge in [-0.3, -0.25) is 9.48 Å². The Bertz CT molecular complexity index is 1370. The van der Waals surface area contributed by atoms with Crippen molar-refractivity contribution < 1.29 is 9.90 Å². The zero-order valence-corrected chi connectivity index (χ0v) is 21.5. The smallest absolute Gasteiger partial charge is 0.255 e. The summed E-state index contributed by atoms with van der Waals surface area (Å²) in [5.74, 6) is 0.483. The number of nitrogens with zero attached hydrogens (tertiary/aromatic N) is 4. The molecular weight excluding hydrogens is 474 g/mol. The first-order chi connectivity index (χ1) is 17.3. The molecule has 1 aliphatic rings. The number of nitrogens with one attached hydrogen (secondary N) is 3. The average Bonchev–Trinajstić information content (AvgIpc) is 3.49. The number of aryl methyl sites for hydroxylation is 1. The molecule has 0 bridgehead atoms. The lowest BCUT2D eigenvalue weighted by atomic mass is 9.80. The number of aliphatic hydroxyl groups is 1. The molecule has 9 nitrogen and oxygen atoms in total. The third-order valence-electron chi connectivity index (χ3n) is 6.64. The number of rotatable bonds is 7. The molecule has 0 spiro atoms. The van der Waals surface area contributed by atoms with Crippen LogP contribution < -0.4 is 16.0 Å². The Labute approximate surface area is 214 Å². The van der Waals surface area contributed by atoms with E-state index in [-0.39, 0.29) is 18.0 Å². The molecule has 0 unspecified atom stereocenters. The molecule has 5 rings (SSSR count). The fourth-order valence-electron chi connectivity index (χ4n) is 4.81. The van der Waals surface area contributed by atoms with E-state index in [1.165, 1.54) is 0 Å². The maximum Gasteiger partial charge on any atom is 0.255 e. The lowest BCUT2D eigenvalue weighted by Gasteiger charge is -2.36. The second kappa shape index (κ2) is 9.87. The van der Waals surface area contributed by atoms with Crippen LogP contribution in [0.25, 0.3) is 10.2 Å². The molecule has 3 aromatic heterocycles. The molecule has 188 valence electrons. The van der Waals surface area contributed by atoms with Crippen molar-refractivity contribution in [3.8, 4) is 0 Å². The number of pyridine rings is 1. The highest BCUT2D eigenvalue weighted by molar-refractivity contribution is 7.16. The van der Waals surface area contributed by atoms with Gasteiger partial charge in [0.2, 0.25) is 0 Å². The molecule has 0 saturated heterocycles. The third kappa shape index (κ3) is 5.05. The van der Waals surface area contributed by atoms with Crippen molar-refractivity contribution in [2.45, 2.75) is 57.2 Å². The van der Waals surface area contributed by atoms with Gasteiger partial charge in [-0.05, 0) is 63.8 Å². The van der Waals surface area contributed by atoms with Crippen LogP contribution in [0.3, 0.4) is 0 Å². The Balaban J connectivity index is 1.28. The van der Waals surface area contributed by atoms with Crippen LogP contribution in [0.2, 0.25) is 0 Å². The van der Waals surface area contributed by atoms with E-state index in [4.69, 9.17) is 0 Å². The monoisotopic (exact) mass is 505 g/mol. The van der Waals surface area contributed by atoms with Gasteiger partial charge in [0.25, 0.3) is 5.91 Å². The number of anilines is 3. The quantitative estimate of drug-likeness (QED) is 0.291. The molecule has 0 aliphatic heterocycles. The number of hydrogen-bond donors (Lipinski definition) is 4. The summed E-state index contributed by atoms with van der Waals surface area (Å²) in [5, 5.41) is 25.2. The lowest BCUT2D eigenvalue weighted by molar-refractivity contribution is -0.0149. The molecule has 1 amide bonds. The van der Waals surface area contributed by atoms with Crippen molar-refractivity contribution in [2.75, 3.05) is 10.6 Å². The molecule has 1 aromatic carbocycles. The van der Waals surface area contributed by atoms with Crippen LogP contribution in [-0.2, 0) is 12.6 Å². The van der Waals surface area contributed by atoms with E-state index in [2.05, 4.69) is 31.0 Å². The van der Waals surface area contributed by atoms with Crippen molar-refractivity contribution in [1.82, 2.24) is 25.1 Å². The van der Waals surface area contributed by atoms with Crippen LogP contribution in [0.4, 0.5) is 17.2 Å². The number of benzene rings is 1. The van der Waals surface area contributed by atoms with Gasteiger partial charge in [-0.2, -0.15) is 5.10 Å². The third-order valence-corrected chi connectivity index (χ3v) is 7.43. The normalized spacial score (nSPS) is 20.0. The van der Waals surface area contributed by atoms with E-state index in [0.717, 1.165) is 27.3 Å². The number of aromatic nitrogens is 4. The van der Waals surface area contributed by atoms with Gasteiger partial charge in [0, 0.05) is 43.3 Å². The van der Waals surface area contributed by atoms with Crippen molar-refractivity contribution in [2.24, 2.45) is 7.05 Å². The van der Waals surface area contributed by atoms with Gasteiger partial charge < -0.3 is 21.1 Å². The predicted molar refractivity (Wildman–Crippen MR) is 143 cm³/mol. The van der Waals surface area contributed by atoms with Crippen molar-refractivity contribution >= 4 is 44.7 Å². The first kappa shape index (κ1) is 24.2. The topological polar surface area (TPSA) is 117 Å². The highest BCUT2D eigenvalue weighted by atomic mass is 32.1. The van der Waals surface area contributed by atoms with Gasteiger partial charge in [-0.25, -0.2) is 9.97 Å². The van der Waals surface area contributed by atoms with Crippen LogP contribution in [0.5, 0.6) is 0 Å². The number of carbonyl (C=O) groups is 1. The molecule has 1 saturated carbocycles. The van der Waals surface area contributed by atoms with Gasteiger partial charge in [0.15, 0.2) is 0 Å². The van der Waals surface area contributed by atoms with Crippen LogP contribution in [-0.4, -0.2) is 42.8 Å². The number of fused-ring (bicyclic) bond motifs is 1. The van der Waals surface area contributed by atoms with E-state index in [9.17, 15) is 9.90 Å². The standard InChI is InChI=1S/C26H31N7O2S/c1-16(2)30-21-13-24(31-18-4-5-20-22(12-18)36-15-28-20)27-14-19(21)25(34)32-17-6-9-26(35,10-7-17)23-8-11-29-33(23)3/h4-5,8,11-17,35H,6-7,9-10H2,1-3H3,(H,32,34)(H2,27,30,31). The van der Waals surface area contributed by atoms with Crippen molar-refractivity contribution in [3.63, 3.8) is 0 Å². The van der Waals surface area contributed by atoms with E-state index < -0.39 is 5.60 Å². The fraction of sp³-hybridized carbons (Fsp3) is 0.385. The molecule has 3 heterocycles. The second-order valence-electron chi connectivity index (χ2n) is 9.69. The zero-order valence-electron chi connectivity index (χ0n) is 20.7.